The number of thioether (sulfide) groups is 1. The van der Waals surface area contributed by atoms with Gasteiger partial charge in [-0.1, -0.05) is 64.2 Å². The lowest BCUT2D eigenvalue weighted by Gasteiger charge is -2.13. The lowest BCUT2D eigenvalue weighted by atomic mass is 10.2. The zero-order chi connectivity index (χ0) is 30.4. The Labute approximate surface area is 261 Å². The molecule has 0 fully saturated rings. The molecular weight excluding hydrogens is 661 g/mol. The van der Waals surface area contributed by atoms with Crippen LogP contribution >= 0.6 is 58.2 Å². The fourth-order valence-corrected chi connectivity index (χ4v) is 5.04. The number of nitrogens with one attached hydrogen (secondary N) is 2. The molecule has 2 N–H and O–H groups in total. The summed E-state index contributed by atoms with van der Waals surface area (Å²) in [7, 11) is 0. The van der Waals surface area contributed by atoms with Crippen LogP contribution in [0.3, 0.4) is 0 Å². The fraction of sp³-hybridized carbons (Fsp3) is 0.154. The number of ether oxygens (including phenoxy) is 1. The topological polar surface area (TPSA) is 98.1 Å². The van der Waals surface area contributed by atoms with E-state index in [2.05, 4.69) is 20.8 Å². The average molecular weight is 679 g/mol. The Bertz CT molecular complexity index is 1620. The number of carbonyl (C=O) groups is 2. The van der Waals surface area contributed by atoms with Gasteiger partial charge in [0.25, 0.3) is 5.91 Å². The quantitative estimate of drug-likeness (QED) is 0.171. The Morgan fingerprint density at radius 3 is 2.38 bits per heavy atom. The first-order valence-corrected chi connectivity index (χ1v) is 14.2. The van der Waals surface area contributed by atoms with Crippen molar-refractivity contribution in [2.24, 2.45) is 0 Å². The van der Waals surface area contributed by atoms with Crippen molar-refractivity contribution in [3.8, 4) is 11.4 Å². The van der Waals surface area contributed by atoms with Crippen LogP contribution in [0.15, 0.2) is 65.8 Å². The van der Waals surface area contributed by atoms with Gasteiger partial charge in [-0.2, -0.15) is 13.2 Å². The zero-order valence-corrected chi connectivity index (χ0v) is 24.9. The lowest BCUT2D eigenvalue weighted by Crippen LogP contribution is -2.29. The molecule has 0 saturated heterocycles. The van der Waals surface area contributed by atoms with Crippen molar-refractivity contribution in [2.45, 2.75) is 17.9 Å². The van der Waals surface area contributed by atoms with Crippen LogP contribution in [0, 0.1) is 0 Å². The summed E-state index contributed by atoms with van der Waals surface area (Å²) in [5.41, 5.74) is -0.590. The maximum absolute atomic E-state index is 13.1. The normalized spacial score (nSPS) is 11.3. The Kier molecular flexibility index (Phi) is 10.5. The van der Waals surface area contributed by atoms with Gasteiger partial charge in [-0.3, -0.25) is 14.2 Å². The van der Waals surface area contributed by atoms with Gasteiger partial charge in [0.1, 0.15) is 5.75 Å². The molecule has 0 aliphatic carbocycles. The monoisotopic (exact) mass is 677 g/mol. The smallest absolute Gasteiger partial charge is 0.416 e. The highest BCUT2D eigenvalue weighted by Gasteiger charge is 2.31. The van der Waals surface area contributed by atoms with E-state index in [-0.39, 0.29) is 45.5 Å². The molecule has 1 aromatic heterocycles. The largest absolute Gasteiger partial charge is 0.482 e. The van der Waals surface area contributed by atoms with E-state index in [9.17, 15) is 22.8 Å². The Morgan fingerprint density at radius 2 is 1.67 bits per heavy atom. The molecule has 0 aliphatic heterocycles. The molecule has 2 amide bonds. The number of alkyl halides is 3. The number of anilines is 1. The van der Waals surface area contributed by atoms with Crippen LogP contribution < -0.4 is 15.4 Å². The first kappa shape index (κ1) is 31.8. The summed E-state index contributed by atoms with van der Waals surface area (Å²) in [6, 6.07) is 13.9. The second-order valence-corrected chi connectivity index (χ2v) is 11.0. The molecule has 8 nitrogen and oxygen atoms in total. The van der Waals surface area contributed by atoms with Crippen LogP contribution in [0.25, 0.3) is 5.69 Å². The molecule has 0 aliphatic rings. The number of rotatable bonds is 10. The number of carbonyl (C=O) groups excluding carboxylic acids is 2. The number of benzene rings is 3. The first-order valence-electron chi connectivity index (χ1n) is 11.7. The van der Waals surface area contributed by atoms with E-state index in [4.69, 9.17) is 51.1 Å². The number of hydrogen-bond donors (Lipinski definition) is 2. The van der Waals surface area contributed by atoms with Gasteiger partial charge in [-0.25, -0.2) is 0 Å². The van der Waals surface area contributed by atoms with Crippen LogP contribution in [0.2, 0.25) is 20.1 Å². The third-order valence-electron chi connectivity index (χ3n) is 5.36. The number of nitrogens with zero attached hydrogens (tertiary/aromatic N) is 3. The highest BCUT2D eigenvalue weighted by molar-refractivity contribution is 7.99. The number of hydrogen-bond acceptors (Lipinski definition) is 6. The number of aromatic nitrogens is 3. The second kappa shape index (κ2) is 13.9. The first-order chi connectivity index (χ1) is 19.9. The minimum absolute atomic E-state index is 0.0521. The molecule has 4 aromatic rings. The SMILES string of the molecule is O=C(COc1ccc(Cl)cc1Cl)NCc1nnc(SCC(=O)Nc2cc(C(F)(F)F)ccc2Cl)n1-c1cccc(Cl)c1. The lowest BCUT2D eigenvalue weighted by molar-refractivity contribution is -0.137. The minimum atomic E-state index is -4.60. The predicted molar refractivity (Wildman–Crippen MR) is 156 cm³/mol. The molecule has 3 aromatic carbocycles. The molecule has 0 saturated carbocycles. The Balaban J connectivity index is 1.45. The average Bonchev–Trinajstić information content (AvgIpc) is 3.33. The maximum Gasteiger partial charge on any atom is 0.416 e. The highest BCUT2D eigenvalue weighted by atomic mass is 35.5. The third-order valence-corrected chi connectivity index (χ3v) is 7.39. The van der Waals surface area contributed by atoms with Gasteiger partial charge in [0, 0.05) is 10.0 Å². The van der Waals surface area contributed by atoms with Crippen molar-refractivity contribution >= 4 is 75.7 Å². The van der Waals surface area contributed by atoms with Gasteiger partial charge in [-0.15, -0.1) is 10.2 Å². The van der Waals surface area contributed by atoms with Gasteiger partial charge in [-0.05, 0) is 54.6 Å². The van der Waals surface area contributed by atoms with Crippen molar-refractivity contribution in [3.63, 3.8) is 0 Å². The van der Waals surface area contributed by atoms with Crippen molar-refractivity contribution < 1.29 is 27.5 Å². The van der Waals surface area contributed by atoms with Gasteiger partial charge in [0.05, 0.1) is 39.3 Å². The predicted octanol–water partition coefficient (Wildman–Crippen LogP) is 7.33. The number of amides is 2. The molecule has 42 heavy (non-hydrogen) atoms. The molecule has 220 valence electrons. The van der Waals surface area contributed by atoms with Gasteiger partial charge >= 0.3 is 6.18 Å². The summed E-state index contributed by atoms with van der Waals surface area (Å²) in [4.78, 5) is 25.1. The van der Waals surface area contributed by atoms with Crippen molar-refractivity contribution in [1.82, 2.24) is 20.1 Å². The van der Waals surface area contributed by atoms with Gasteiger partial charge in [0.2, 0.25) is 5.91 Å². The van der Waals surface area contributed by atoms with E-state index in [0.29, 0.717) is 21.6 Å². The van der Waals surface area contributed by atoms with E-state index < -0.39 is 23.6 Å². The molecule has 0 radical (unpaired) electrons. The van der Waals surface area contributed by atoms with E-state index in [1.807, 2.05) is 0 Å². The molecule has 4 rings (SSSR count). The summed E-state index contributed by atoms with van der Waals surface area (Å²) < 4.78 is 46.3. The molecule has 16 heteroatoms. The summed E-state index contributed by atoms with van der Waals surface area (Å²) in [6.07, 6.45) is -4.60. The van der Waals surface area contributed by atoms with E-state index >= 15 is 0 Å². The molecule has 0 bridgehead atoms. The zero-order valence-electron chi connectivity index (χ0n) is 21.0. The van der Waals surface area contributed by atoms with E-state index in [1.54, 1.807) is 34.9 Å². The van der Waals surface area contributed by atoms with E-state index in [1.165, 1.54) is 12.1 Å². The van der Waals surface area contributed by atoms with Crippen LogP contribution in [0.4, 0.5) is 18.9 Å². The van der Waals surface area contributed by atoms with Crippen molar-refractivity contribution in [1.29, 1.82) is 0 Å². The summed E-state index contributed by atoms with van der Waals surface area (Å²) in [6.45, 7) is -0.408. The maximum atomic E-state index is 13.1. The molecule has 0 atom stereocenters. The van der Waals surface area contributed by atoms with Crippen LogP contribution in [0.5, 0.6) is 5.75 Å². The highest BCUT2D eigenvalue weighted by Crippen LogP contribution is 2.34. The summed E-state index contributed by atoms with van der Waals surface area (Å²) in [5.74, 6) is -0.767. The summed E-state index contributed by atoms with van der Waals surface area (Å²) >= 11 is 25.0. The Morgan fingerprint density at radius 1 is 0.905 bits per heavy atom. The van der Waals surface area contributed by atoms with Crippen molar-refractivity contribution in [3.05, 3.63) is 92.1 Å². The molecular formula is C26H18Cl4F3N5O3S. The Hall–Kier alpha value is -3.16. The standard InChI is InChI=1S/C26H18Cl4F3N5O3S/c27-15-2-1-3-17(9-15)38-22(11-34-23(39)12-41-21-7-5-16(28)10-19(21)30)36-37-25(38)42-13-24(40)35-20-8-14(26(31,32)33)4-6-18(20)29/h1-10H,11-13H2,(H,34,39)(H,35,40). The fourth-order valence-electron chi connectivity index (χ4n) is 3.46. The molecule has 0 spiro atoms. The second-order valence-electron chi connectivity index (χ2n) is 8.38. The molecule has 0 unspecified atom stereocenters. The van der Waals surface area contributed by atoms with Crippen LogP contribution in [-0.2, 0) is 22.3 Å². The van der Waals surface area contributed by atoms with Gasteiger partial charge < -0.3 is 15.4 Å². The minimum Gasteiger partial charge on any atom is -0.482 e. The van der Waals surface area contributed by atoms with Gasteiger partial charge in [0.15, 0.2) is 17.6 Å². The molecule has 1 heterocycles. The van der Waals surface area contributed by atoms with Crippen LogP contribution in [-0.4, -0.2) is 38.9 Å². The summed E-state index contributed by atoms with van der Waals surface area (Å²) in [5, 5.41) is 14.6. The van der Waals surface area contributed by atoms with E-state index in [0.717, 1.165) is 30.0 Å². The third kappa shape index (κ3) is 8.45. The van der Waals surface area contributed by atoms with Crippen molar-refractivity contribution in [2.75, 3.05) is 17.7 Å². The van der Waals surface area contributed by atoms with Crippen LogP contribution in [0.1, 0.15) is 11.4 Å². The number of halogens is 7.